The third-order valence-corrected chi connectivity index (χ3v) is 5.20. The highest BCUT2D eigenvalue weighted by Gasteiger charge is 2.26. The smallest absolute Gasteiger partial charge is 0.253 e. The average molecular weight is 331 g/mol. The Hall–Kier alpha value is -1.43. The average Bonchev–Trinajstić information content (AvgIpc) is 2.63. The number of morpholine rings is 1. The monoisotopic (exact) mass is 331 g/mol. The highest BCUT2D eigenvalue weighted by molar-refractivity contribution is 5.94. The van der Waals surface area contributed by atoms with E-state index in [1.54, 1.807) is 0 Å². The van der Waals surface area contributed by atoms with E-state index in [1.165, 1.54) is 5.56 Å². The molecule has 2 heterocycles. The molecule has 0 saturated carbocycles. The lowest BCUT2D eigenvalue weighted by molar-refractivity contribution is 0.0342. The molecule has 0 aliphatic carbocycles. The molecule has 0 radical (unpaired) electrons. The predicted octanol–water partition coefficient (Wildman–Crippen LogP) is 1.72. The molecule has 1 aromatic carbocycles. The Morgan fingerprint density at radius 2 is 1.96 bits per heavy atom. The molecule has 5 nitrogen and oxygen atoms in total. The molecule has 2 saturated heterocycles. The fourth-order valence-corrected chi connectivity index (χ4v) is 3.58. The number of benzene rings is 1. The van der Waals surface area contributed by atoms with E-state index < -0.39 is 0 Å². The molecule has 0 bridgehead atoms. The number of likely N-dealkylation sites (tertiary alicyclic amines) is 1. The van der Waals surface area contributed by atoms with Gasteiger partial charge in [0.1, 0.15) is 0 Å². The Labute approximate surface area is 144 Å². The molecule has 2 N–H and O–H groups in total. The van der Waals surface area contributed by atoms with Crippen LogP contribution in [0.1, 0.15) is 35.7 Å². The minimum absolute atomic E-state index is 0.137. The molecule has 2 aliphatic heterocycles. The van der Waals surface area contributed by atoms with E-state index in [4.69, 9.17) is 10.5 Å². The number of amides is 1. The molecule has 1 amide bonds. The summed E-state index contributed by atoms with van der Waals surface area (Å²) >= 11 is 0. The zero-order chi connectivity index (χ0) is 16.9. The first-order chi connectivity index (χ1) is 11.6. The van der Waals surface area contributed by atoms with E-state index in [1.807, 2.05) is 24.0 Å². The zero-order valence-electron chi connectivity index (χ0n) is 14.6. The molecule has 2 atom stereocenters. The first-order valence-corrected chi connectivity index (χ1v) is 9.07. The number of piperidine rings is 1. The Balaban J connectivity index is 1.59. The van der Waals surface area contributed by atoms with E-state index >= 15 is 0 Å². The number of nitrogens with zero attached hydrogens (tertiary/aromatic N) is 2. The fraction of sp³-hybridized carbons (Fsp3) is 0.632. The summed E-state index contributed by atoms with van der Waals surface area (Å²) in [6.45, 7) is 8.18. The molecule has 24 heavy (non-hydrogen) atoms. The topological polar surface area (TPSA) is 58.8 Å². The van der Waals surface area contributed by atoms with E-state index in [-0.39, 0.29) is 11.9 Å². The SMILES string of the molecule is C[C@H](N)[C@@H]1CCCN(C(=O)c2ccc(CN3CCOCC3)cc2)C1. The van der Waals surface area contributed by atoms with Gasteiger partial charge in [-0.2, -0.15) is 0 Å². The van der Waals surface area contributed by atoms with Gasteiger partial charge in [0.2, 0.25) is 0 Å². The quantitative estimate of drug-likeness (QED) is 0.913. The maximum atomic E-state index is 12.7. The van der Waals surface area contributed by atoms with Gasteiger partial charge >= 0.3 is 0 Å². The van der Waals surface area contributed by atoms with E-state index in [0.29, 0.717) is 5.92 Å². The second-order valence-corrected chi connectivity index (χ2v) is 7.10. The lowest BCUT2D eigenvalue weighted by Crippen LogP contribution is -2.45. The van der Waals surface area contributed by atoms with Gasteiger partial charge in [0.05, 0.1) is 13.2 Å². The predicted molar refractivity (Wildman–Crippen MR) is 94.8 cm³/mol. The van der Waals surface area contributed by atoms with Crippen LogP contribution in [0.2, 0.25) is 0 Å². The second kappa shape index (κ2) is 8.10. The van der Waals surface area contributed by atoms with Crippen molar-refractivity contribution in [2.24, 2.45) is 11.7 Å². The zero-order valence-corrected chi connectivity index (χ0v) is 14.6. The summed E-state index contributed by atoms with van der Waals surface area (Å²) < 4.78 is 5.38. The van der Waals surface area contributed by atoms with Gasteiger partial charge in [-0.05, 0) is 43.4 Å². The number of hydrogen-bond donors (Lipinski definition) is 1. The first-order valence-electron chi connectivity index (χ1n) is 9.07. The maximum Gasteiger partial charge on any atom is 0.253 e. The van der Waals surface area contributed by atoms with Gasteiger partial charge in [-0.3, -0.25) is 9.69 Å². The van der Waals surface area contributed by atoms with Crippen molar-refractivity contribution in [3.63, 3.8) is 0 Å². The van der Waals surface area contributed by atoms with Gasteiger partial charge in [0.25, 0.3) is 5.91 Å². The minimum Gasteiger partial charge on any atom is -0.379 e. The molecule has 1 aromatic rings. The van der Waals surface area contributed by atoms with Crippen LogP contribution in [0.25, 0.3) is 0 Å². The van der Waals surface area contributed by atoms with Gasteiger partial charge in [-0.15, -0.1) is 0 Å². The molecule has 132 valence electrons. The third kappa shape index (κ3) is 4.35. The molecule has 2 aliphatic rings. The van der Waals surface area contributed by atoms with E-state index in [0.717, 1.165) is 64.3 Å². The van der Waals surface area contributed by atoms with E-state index in [9.17, 15) is 4.79 Å². The number of rotatable bonds is 4. The second-order valence-electron chi connectivity index (χ2n) is 7.10. The van der Waals surface area contributed by atoms with Gasteiger partial charge < -0.3 is 15.4 Å². The van der Waals surface area contributed by atoms with Crippen LogP contribution in [0, 0.1) is 5.92 Å². The molecule has 2 fully saturated rings. The van der Waals surface area contributed by atoms with Crippen molar-refractivity contribution in [2.45, 2.75) is 32.4 Å². The van der Waals surface area contributed by atoms with Gasteiger partial charge in [-0.25, -0.2) is 0 Å². The Kier molecular flexibility index (Phi) is 5.87. The fourth-order valence-electron chi connectivity index (χ4n) is 3.58. The van der Waals surface area contributed by atoms with Crippen molar-refractivity contribution in [2.75, 3.05) is 39.4 Å². The minimum atomic E-state index is 0.137. The van der Waals surface area contributed by atoms with Crippen LogP contribution in [0.5, 0.6) is 0 Å². The van der Waals surface area contributed by atoms with Crippen LogP contribution in [0.3, 0.4) is 0 Å². The molecular weight excluding hydrogens is 302 g/mol. The Morgan fingerprint density at radius 1 is 1.25 bits per heavy atom. The van der Waals surface area contributed by atoms with Crippen molar-refractivity contribution < 1.29 is 9.53 Å². The van der Waals surface area contributed by atoms with Gasteiger partial charge in [0.15, 0.2) is 0 Å². The third-order valence-electron chi connectivity index (χ3n) is 5.20. The van der Waals surface area contributed by atoms with Crippen LogP contribution in [0.4, 0.5) is 0 Å². The number of hydrogen-bond acceptors (Lipinski definition) is 4. The van der Waals surface area contributed by atoms with Crippen LogP contribution in [-0.2, 0) is 11.3 Å². The Bertz CT molecular complexity index is 538. The highest BCUT2D eigenvalue weighted by atomic mass is 16.5. The van der Waals surface area contributed by atoms with Crippen LogP contribution in [0.15, 0.2) is 24.3 Å². The van der Waals surface area contributed by atoms with Crippen molar-refractivity contribution in [1.82, 2.24) is 9.80 Å². The molecule has 0 unspecified atom stereocenters. The summed E-state index contributed by atoms with van der Waals surface area (Å²) in [7, 11) is 0. The molecular formula is C19H29N3O2. The number of carbonyl (C=O) groups excluding carboxylic acids is 1. The van der Waals surface area contributed by atoms with Crippen molar-refractivity contribution in [3.05, 3.63) is 35.4 Å². The molecule has 5 heteroatoms. The van der Waals surface area contributed by atoms with Crippen molar-refractivity contribution >= 4 is 5.91 Å². The summed E-state index contributed by atoms with van der Waals surface area (Å²) in [4.78, 5) is 17.1. The number of nitrogens with two attached hydrogens (primary N) is 1. The van der Waals surface area contributed by atoms with Crippen LogP contribution in [-0.4, -0.2) is 61.1 Å². The van der Waals surface area contributed by atoms with Crippen LogP contribution >= 0.6 is 0 Å². The molecule has 0 aromatic heterocycles. The molecule has 0 spiro atoms. The van der Waals surface area contributed by atoms with Gasteiger partial charge in [-0.1, -0.05) is 12.1 Å². The first kappa shape index (κ1) is 17.4. The number of ether oxygens (including phenoxy) is 1. The van der Waals surface area contributed by atoms with E-state index in [2.05, 4.69) is 17.0 Å². The standard InChI is InChI=1S/C19H29N3O2/c1-15(20)18-3-2-8-22(14-18)19(23)17-6-4-16(5-7-17)13-21-9-11-24-12-10-21/h4-7,15,18H,2-3,8-14,20H2,1H3/t15-,18+/m0/s1. The number of carbonyl (C=O) groups is 1. The molecule has 3 rings (SSSR count). The summed E-state index contributed by atoms with van der Waals surface area (Å²) in [6, 6.07) is 8.24. The maximum absolute atomic E-state index is 12.7. The highest BCUT2D eigenvalue weighted by Crippen LogP contribution is 2.21. The van der Waals surface area contributed by atoms with Crippen molar-refractivity contribution in [1.29, 1.82) is 0 Å². The lowest BCUT2D eigenvalue weighted by Gasteiger charge is -2.34. The summed E-state index contributed by atoms with van der Waals surface area (Å²) in [5, 5.41) is 0. The largest absolute Gasteiger partial charge is 0.379 e. The van der Waals surface area contributed by atoms with Crippen LogP contribution < -0.4 is 5.73 Å². The van der Waals surface area contributed by atoms with Gasteiger partial charge in [0, 0.05) is 44.3 Å². The normalized spacial score (nSPS) is 23.9. The Morgan fingerprint density at radius 3 is 2.62 bits per heavy atom. The lowest BCUT2D eigenvalue weighted by atomic mass is 9.92. The van der Waals surface area contributed by atoms with Crippen molar-refractivity contribution in [3.8, 4) is 0 Å². The summed E-state index contributed by atoms with van der Waals surface area (Å²) in [5.41, 5.74) is 8.06. The summed E-state index contributed by atoms with van der Waals surface area (Å²) in [6.07, 6.45) is 2.17. The summed E-state index contributed by atoms with van der Waals surface area (Å²) in [5.74, 6) is 0.557.